The zero-order valence-electron chi connectivity index (χ0n) is 6.62. The Morgan fingerprint density at radius 2 is 1.64 bits per heavy atom. The van der Waals surface area contributed by atoms with Gasteiger partial charge in [-0.1, -0.05) is 0 Å². The van der Waals surface area contributed by atoms with Crippen molar-refractivity contribution in [3.05, 3.63) is 0 Å². The zero-order chi connectivity index (χ0) is 8.27. The lowest BCUT2D eigenvalue weighted by Gasteiger charge is -2.33. The highest BCUT2D eigenvalue weighted by molar-refractivity contribution is 4.82. The lowest BCUT2D eigenvalue weighted by molar-refractivity contribution is 0.0328. The summed E-state index contributed by atoms with van der Waals surface area (Å²) in [5.41, 5.74) is 4.41. The van der Waals surface area contributed by atoms with E-state index in [0.717, 1.165) is 19.5 Å². The van der Waals surface area contributed by atoms with E-state index in [1.807, 2.05) is 11.9 Å². The number of hydrogen-bond donors (Lipinski definition) is 4. The summed E-state index contributed by atoms with van der Waals surface area (Å²) in [7, 11) is 1.95. The number of hydroxylamine groups is 2. The molecule has 0 aromatic heterocycles. The molecule has 1 aliphatic rings. The van der Waals surface area contributed by atoms with Gasteiger partial charge in [-0.15, -0.1) is 0 Å². The van der Waals surface area contributed by atoms with Crippen LogP contribution < -0.4 is 11.0 Å². The van der Waals surface area contributed by atoms with Gasteiger partial charge in [0, 0.05) is 25.2 Å². The van der Waals surface area contributed by atoms with Gasteiger partial charge in [0.25, 0.3) is 0 Å². The summed E-state index contributed by atoms with van der Waals surface area (Å²) >= 11 is 0. The molecule has 0 aromatic carbocycles. The first-order valence-electron chi connectivity index (χ1n) is 3.74. The maximum absolute atomic E-state index is 8.64. The van der Waals surface area contributed by atoms with Crippen molar-refractivity contribution in [3.63, 3.8) is 0 Å². The average Bonchev–Trinajstić information content (AvgIpc) is 2.03. The highest BCUT2D eigenvalue weighted by Crippen LogP contribution is 2.07. The van der Waals surface area contributed by atoms with Gasteiger partial charge in [-0.05, 0) is 13.5 Å². The van der Waals surface area contributed by atoms with E-state index >= 15 is 0 Å². The maximum Gasteiger partial charge on any atom is 0.0462 e. The molecule has 1 rings (SSSR count). The highest BCUT2D eigenvalue weighted by Gasteiger charge is 2.23. The molecule has 0 bridgehead atoms. The summed E-state index contributed by atoms with van der Waals surface area (Å²) in [6, 6.07) is 0.108. The van der Waals surface area contributed by atoms with E-state index in [0.29, 0.717) is 0 Å². The molecule has 0 aliphatic carbocycles. The lowest BCUT2D eigenvalue weighted by atomic mass is 10.0. The fraction of sp³-hybridized carbons (Fsp3) is 1.00. The van der Waals surface area contributed by atoms with Gasteiger partial charge < -0.3 is 15.3 Å². The van der Waals surface area contributed by atoms with Crippen LogP contribution in [0.5, 0.6) is 0 Å². The van der Waals surface area contributed by atoms with E-state index in [2.05, 4.69) is 11.0 Å². The molecule has 1 saturated heterocycles. The quantitative estimate of drug-likeness (QED) is 0.392. The molecule has 4 N–H and O–H groups in total. The second kappa shape index (κ2) is 3.99. The monoisotopic (exact) mass is 161 g/mol. The molecule has 1 aliphatic heterocycles. The van der Waals surface area contributed by atoms with E-state index in [4.69, 9.17) is 10.4 Å². The summed E-state index contributed by atoms with van der Waals surface area (Å²) in [4.78, 5) is 2.05. The minimum atomic E-state index is 0.0541. The van der Waals surface area contributed by atoms with Crippen molar-refractivity contribution in [3.8, 4) is 0 Å². The number of likely N-dealkylation sites (N-methyl/N-ethyl adjacent to an activating group) is 1. The van der Waals surface area contributed by atoms with Gasteiger partial charge in [0.15, 0.2) is 0 Å². The lowest BCUT2D eigenvalue weighted by Crippen LogP contribution is -2.52. The number of nitrogens with zero attached hydrogens (tertiary/aromatic N) is 1. The fourth-order valence-corrected chi connectivity index (χ4v) is 1.51. The molecule has 0 aromatic rings. The third kappa shape index (κ3) is 2.39. The molecule has 5 nitrogen and oxygen atoms in total. The third-order valence-corrected chi connectivity index (χ3v) is 2.00. The first kappa shape index (κ1) is 8.89. The Hall–Kier alpha value is -0.200. The van der Waals surface area contributed by atoms with Crippen molar-refractivity contribution < 1.29 is 10.4 Å². The molecule has 0 radical (unpaired) electrons. The second-order valence-electron chi connectivity index (χ2n) is 3.11. The van der Waals surface area contributed by atoms with Crippen LogP contribution in [0.1, 0.15) is 6.42 Å². The molecular weight excluding hydrogens is 146 g/mol. The Morgan fingerprint density at radius 1 is 1.18 bits per heavy atom. The van der Waals surface area contributed by atoms with Crippen LogP contribution in [0.15, 0.2) is 0 Å². The summed E-state index contributed by atoms with van der Waals surface area (Å²) in [5.74, 6) is 0. The largest absolute Gasteiger partial charge is 0.316 e. The third-order valence-electron chi connectivity index (χ3n) is 2.00. The molecule has 2 unspecified atom stereocenters. The number of rotatable bonds is 2. The number of piperidine rings is 1. The molecule has 11 heavy (non-hydrogen) atoms. The van der Waals surface area contributed by atoms with Gasteiger partial charge in [-0.3, -0.25) is 0 Å². The maximum atomic E-state index is 8.64. The SMILES string of the molecule is CN1CC(NO)CC(NO)C1. The molecule has 2 atom stereocenters. The van der Waals surface area contributed by atoms with E-state index in [-0.39, 0.29) is 12.1 Å². The summed E-state index contributed by atoms with van der Waals surface area (Å²) in [6.45, 7) is 1.63. The van der Waals surface area contributed by atoms with Gasteiger partial charge in [0.2, 0.25) is 0 Å². The van der Waals surface area contributed by atoms with Crippen molar-refractivity contribution in [2.75, 3.05) is 20.1 Å². The van der Waals surface area contributed by atoms with Gasteiger partial charge in [0.1, 0.15) is 0 Å². The summed E-state index contributed by atoms with van der Waals surface area (Å²) in [6.07, 6.45) is 0.747. The Balaban J connectivity index is 2.37. The average molecular weight is 161 g/mol. The van der Waals surface area contributed by atoms with Crippen molar-refractivity contribution in [2.24, 2.45) is 0 Å². The molecule has 0 spiro atoms. The first-order chi connectivity index (χ1) is 5.26. The smallest absolute Gasteiger partial charge is 0.0462 e. The van der Waals surface area contributed by atoms with Crippen LogP contribution in [0.3, 0.4) is 0 Å². The molecular formula is C6H15N3O2. The zero-order valence-corrected chi connectivity index (χ0v) is 6.62. The van der Waals surface area contributed by atoms with Gasteiger partial charge in [-0.25, -0.2) is 11.0 Å². The normalized spacial score (nSPS) is 34.1. The topological polar surface area (TPSA) is 67.8 Å². The molecule has 5 heteroatoms. The van der Waals surface area contributed by atoms with Crippen molar-refractivity contribution in [1.82, 2.24) is 15.9 Å². The van der Waals surface area contributed by atoms with Crippen molar-refractivity contribution in [2.45, 2.75) is 18.5 Å². The molecule has 0 amide bonds. The van der Waals surface area contributed by atoms with E-state index in [9.17, 15) is 0 Å². The molecule has 1 fully saturated rings. The predicted octanol–water partition coefficient (Wildman–Crippen LogP) is -0.983. The van der Waals surface area contributed by atoms with Gasteiger partial charge in [-0.2, -0.15) is 0 Å². The predicted molar refractivity (Wildman–Crippen MR) is 39.5 cm³/mol. The second-order valence-corrected chi connectivity index (χ2v) is 3.11. The van der Waals surface area contributed by atoms with E-state index in [1.165, 1.54) is 0 Å². The Kier molecular flexibility index (Phi) is 3.22. The number of nitrogens with one attached hydrogen (secondary N) is 2. The van der Waals surface area contributed by atoms with E-state index in [1.54, 1.807) is 0 Å². The summed E-state index contributed by atoms with van der Waals surface area (Å²) < 4.78 is 0. The Labute approximate surface area is 65.9 Å². The van der Waals surface area contributed by atoms with Gasteiger partial charge >= 0.3 is 0 Å². The molecule has 1 heterocycles. The van der Waals surface area contributed by atoms with Gasteiger partial charge in [0.05, 0.1) is 0 Å². The van der Waals surface area contributed by atoms with E-state index < -0.39 is 0 Å². The Bertz CT molecular complexity index is 110. The Morgan fingerprint density at radius 3 is 2.00 bits per heavy atom. The van der Waals surface area contributed by atoms with Crippen LogP contribution in [0.25, 0.3) is 0 Å². The van der Waals surface area contributed by atoms with Crippen LogP contribution in [-0.2, 0) is 0 Å². The fourth-order valence-electron chi connectivity index (χ4n) is 1.51. The van der Waals surface area contributed by atoms with Crippen LogP contribution in [0.2, 0.25) is 0 Å². The number of likely N-dealkylation sites (tertiary alicyclic amines) is 1. The van der Waals surface area contributed by atoms with Crippen molar-refractivity contribution >= 4 is 0 Å². The number of hydrogen-bond acceptors (Lipinski definition) is 5. The minimum absolute atomic E-state index is 0.0541. The van der Waals surface area contributed by atoms with Crippen LogP contribution in [0.4, 0.5) is 0 Å². The summed E-state index contributed by atoms with van der Waals surface area (Å²) in [5, 5.41) is 17.3. The van der Waals surface area contributed by atoms with Crippen LogP contribution in [-0.4, -0.2) is 47.5 Å². The first-order valence-corrected chi connectivity index (χ1v) is 3.74. The molecule has 66 valence electrons. The minimum Gasteiger partial charge on any atom is -0.316 e. The van der Waals surface area contributed by atoms with Crippen LogP contribution >= 0.6 is 0 Å². The highest BCUT2D eigenvalue weighted by atomic mass is 16.5. The van der Waals surface area contributed by atoms with Crippen molar-refractivity contribution in [1.29, 1.82) is 0 Å². The molecule has 0 saturated carbocycles. The standard InChI is InChI=1S/C6H15N3O2/c1-9-3-5(7-10)2-6(4-9)8-11/h5-8,10-11H,2-4H2,1H3. The van der Waals surface area contributed by atoms with Crippen LogP contribution in [0, 0.1) is 0 Å².